The van der Waals surface area contributed by atoms with Gasteiger partial charge in [0.1, 0.15) is 0 Å². The largest absolute Gasteiger partial charge is 0.389 e. The summed E-state index contributed by atoms with van der Waals surface area (Å²) in [6.07, 6.45) is 5.24. The van der Waals surface area contributed by atoms with E-state index < -0.39 is 5.60 Å². The fourth-order valence-electron chi connectivity index (χ4n) is 3.32. The second kappa shape index (κ2) is 6.66. The number of nitrogens with zero attached hydrogens (tertiary/aromatic N) is 2. The highest BCUT2D eigenvalue weighted by Crippen LogP contribution is 2.32. The molecule has 0 radical (unpaired) electrons. The maximum atomic E-state index is 12.3. The first-order valence-corrected chi connectivity index (χ1v) is 8.50. The Bertz CT molecular complexity index is 348. The molecule has 2 aliphatic rings. The Balaban J connectivity index is 1.72. The van der Waals surface area contributed by atoms with Crippen LogP contribution in [0.15, 0.2) is 0 Å². The summed E-state index contributed by atoms with van der Waals surface area (Å²) in [5, 5.41) is 10.4. The van der Waals surface area contributed by atoms with Crippen molar-refractivity contribution in [1.82, 2.24) is 9.80 Å². The molecule has 1 amide bonds. The number of amides is 1. The van der Waals surface area contributed by atoms with Crippen molar-refractivity contribution < 1.29 is 9.90 Å². The second-order valence-electron chi connectivity index (χ2n) is 8.14. The van der Waals surface area contributed by atoms with E-state index in [4.69, 9.17) is 0 Å². The van der Waals surface area contributed by atoms with Crippen LogP contribution in [0.4, 0.5) is 0 Å². The summed E-state index contributed by atoms with van der Waals surface area (Å²) in [5.74, 6) is 0.148. The highest BCUT2D eigenvalue weighted by atomic mass is 16.3. The molecule has 0 bridgehead atoms. The second-order valence-corrected chi connectivity index (χ2v) is 8.14. The minimum atomic E-state index is -0.708. The molecule has 0 aromatic carbocycles. The molecule has 4 nitrogen and oxygen atoms in total. The quantitative estimate of drug-likeness (QED) is 0.865. The predicted octanol–water partition coefficient (Wildman–Crippen LogP) is 2.26. The van der Waals surface area contributed by atoms with E-state index in [0.717, 1.165) is 58.4 Å². The molecule has 1 aliphatic carbocycles. The van der Waals surface area contributed by atoms with Crippen molar-refractivity contribution in [1.29, 1.82) is 0 Å². The molecule has 4 heteroatoms. The number of hydrogen-bond donors (Lipinski definition) is 1. The topological polar surface area (TPSA) is 43.8 Å². The van der Waals surface area contributed by atoms with Crippen LogP contribution in [0.25, 0.3) is 0 Å². The number of rotatable bonds is 4. The van der Waals surface area contributed by atoms with E-state index in [1.54, 1.807) is 0 Å². The third kappa shape index (κ3) is 5.26. The van der Waals surface area contributed by atoms with Gasteiger partial charge in [0.25, 0.3) is 0 Å². The summed E-state index contributed by atoms with van der Waals surface area (Å²) in [4.78, 5) is 16.7. The van der Waals surface area contributed by atoms with Crippen molar-refractivity contribution in [3.8, 4) is 0 Å². The molecule has 0 unspecified atom stereocenters. The van der Waals surface area contributed by atoms with Crippen LogP contribution in [-0.2, 0) is 4.79 Å². The van der Waals surface area contributed by atoms with Crippen molar-refractivity contribution >= 4 is 5.91 Å². The molecule has 0 aromatic rings. The number of carbonyl (C=O) groups is 1. The Hall–Kier alpha value is -0.610. The Morgan fingerprint density at radius 2 is 1.67 bits per heavy atom. The van der Waals surface area contributed by atoms with E-state index in [9.17, 15) is 9.90 Å². The molecule has 2 fully saturated rings. The van der Waals surface area contributed by atoms with Crippen molar-refractivity contribution in [2.24, 2.45) is 5.41 Å². The van der Waals surface area contributed by atoms with Crippen LogP contribution in [0.3, 0.4) is 0 Å². The summed E-state index contributed by atoms with van der Waals surface area (Å²) >= 11 is 0. The molecule has 0 atom stereocenters. The molecule has 1 N–H and O–H groups in total. The van der Waals surface area contributed by atoms with E-state index in [2.05, 4.69) is 25.7 Å². The van der Waals surface area contributed by atoms with Gasteiger partial charge >= 0.3 is 0 Å². The number of carbonyl (C=O) groups excluding carboxylic acids is 1. The maximum absolute atomic E-state index is 12.3. The van der Waals surface area contributed by atoms with Gasteiger partial charge in [-0.3, -0.25) is 9.69 Å². The Labute approximate surface area is 129 Å². The van der Waals surface area contributed by atoms with Gasteiger partial charge in [-0.25, -0.2) is 0 Å². The fraction of sp³-hybridized carbons (Fsp3) is 0.941. The van der Waals surface area contributed by atoms with Gasteiger partial charge < -0.3 is 10.0 Å². The van der Waals surface area contributed by atoms with Crippen LogP contribution in [0, 0.1) is 5.41 Å². The first-order chi connectivity index (χ1) is 9.77. The van der Waals surface area contributed by atoms with E-state index >= 15 is 0 Å². The normalized spacial score (nSPS) is 23.5. The molecule has 1 saturated carbocycles. The zero-order valence-electron chi connectivity index (χ0n) is 14.0. The molecular weight excluding hydrogens is 264 g/mol. The summed E-state index contributed by atoms with van der Waals surface area (Å²) < 4.78 is 0. The van der Waals surface area contributed by atoms with Gasteiger partial charge in [0.2, 0.25) is 5.91 Å². The van der Waals surface area contributed by atoms with Gasteiger partial charge in [-0.05, 0) is 31.2 Å². The molecule has 1 saturated heterocycles. The lowest BCUT2D eigenvalue weighted by Crippen LogP contribution is -2.50. The van der Waals surface area contributed by atoms with Gasteiger partial charge in [0, 0.05) is 26.2 Å². The minimum Gasteiger partial charge on any atom is -0.389 e. The summed E-state index contributed by atoms with van der Waals surface area (Å²) in [7, 11) is 0. The number of piperazine rings is 1. The van der Waals surface area contributed by atoms with E-state index in [-0.39, 0.29) is 5.91 Å². The summed E-state index contributed by atoms with van der Waals surface area (Å²) in [6.45, 7) is 11.5. The van der Waals surface area contributed by atoms with Crippen LogP contribution in [0.5, 0.6) is 0 Å². The van der Waals surface area contributed by atoms with Crippen LogP contribution in [0.2, 0.25) is 0 Å². The van der Waals surface area contributed by atoms with Gasteiger partial charge in [-0.1, -0.05) is 33.6 Å². The molecular formula is C17H32N2O2. The summed E-state index contributed by atoms with van der Waals surface area (Å²) in [5.41, 5.74) is -0.334. The first kappa shape index (κ1) is 16.8. The highest BCUT2D eigenvalue weighted by molar-refractivity contribution is 5.77. The highest BCUT2D eigenvalue weighted by Gasteiger charge is 2.35. The molecule has 122 valence electrons. The van der Waals surface area contributed by atoms with E-state index in [0.29, 0.717) is 11.8 Å². The monoisotopic (exact) mass is 296 g/mol. The van der Waals surface area contributed by atoms with Gasteiger partial charge in [-0.15, -0.1) is 0 Å². The Kier molecular flexibility index (Phi) is 5.31. The van der Waals surface area contributed by atoms with Crippen LogP contribution >= 0.6 is 0 Å². The average molecular weight is 296 g/mol. The third-order valence-corrected chi connectivity index (χ3v) is 4.92. The molecule has 0 aromatic heterocycles. The van der Waals surface area contributed by atoms with Crippen molar-refractivity contribution in [2.75, 3.05) is 32.7 Å². The smallest absolute Gasteiger partial charge is 0.225 e. The maximum Gasteiger partial charge on any atom is 0.225 e. The standard InChI is InChI=1S/C17H32N2O2/c1-16(2,3)8-9-18-10-12-19(13-11-18)15(20)14-17(21)6-4-5-7-17/h21H,4-14H2,1-3H3. The molecule has 21 heavy (non-hydrogen) atoms. The zero-order valence-corrected chi connectivity index (χ0v) is 14.0. The fourth-order valence-corrected chi connectivity index (χ4v) is 3.32. The Morgan fingerprint density at radius 3 is 2.19 bits per heavy atom. The molecule has 1 heterocycles. The predicted molar refractivity (Wildman–Crippen MR) is 85.1 cm³/mol. The molecule has 1 aliphatic heterocycles. The van der Waals surface area contributed by atoms with Crippen molar-refractivity contribution in [3.63, 3.8) is 0 Å². The Morgan fingerprint density at radius 1 is 1.10 bits per heavy atom. The first-order valence-electron chi connectivity index (χ1n) is 8.50. The summed E-state index contributed by atoms with van der Waals surface area (Å²) in [6, 6.07) is 0. The lowest BCUT2D eigenvalue weighted by molar-refractivity contribution is -0.138. The van der Waals surface area contributed by atoms with E-state index in [1.807, 2.05) is 4.90 Å². The zero-order chi connectivity index (χ0) is 15.5. The SMILES string of the molecule is CC(C)(C)CCN1CCN(C(=O)CC2(O)CCCC2)CC1. The third-order valence-electron chi connectivity index (χ3n) is 4.92. The lowest BCUT2D eigenvalue weighted by atomic mass is 9.92. The average Bonchev–Trinajstić information content (AvgIpc) is 2.82. The number of hydrogen-bond acceptors (Lipinski definition) is 3. The van der Waals surface area contributed by atoms with Crippen LogP contribution < -0.4 is 0 Å². The van der Waals surface area contributed by atoms with Crippen LogP contribution in [0.1, 0.15) is 59.3 Å². The van der Waals surface area contributed by atoms with Crippen LogP contribution in [-0.4, -0.2) is 59.1 Å². The van der Waals surface area contributed by atoms with E-state index in [1.165, 1.54) is 6.42 Å². The van der Waals surface area contributed by atoms with Crippen molar-refractivity contribution in [3.05, 3.63) is 0 Å². The number of aliphatic hydroxyl groups is 1. The van der Waals surface area contributed by atoms with Gasteiger partial charge in [0.05, 0.1) is 12.0 Å². The lowest BCUT2D eigenvalue weighted by Gasteiger charge is -2.37. The molecule has 2 rings (SSSR count). The van der Waals surface area contributed by atoms with Gasteiger partial charge in [0.15, 0.2) is 0 Å². The minimum absolute atomic E-state index is 0.148. The van der Waals surface area contributed by atoms with Gasteiger partial charge in [-0.2, -0.15) is 0 Å². The van der Waals surface area contributed by atoms with Crippen molar-refractivity contribution in [2.45, 2.75) is 64.9 Å². The molecule has 0 spiro atoms.